The second-order valence-corrected chi connectivity index (χ2v) is 18.7. The zero-order chi connectivity index (χ0) is 48.8. The summed E-state index contributed by atoms with van der Waals surface area (Å²) in [7, 11) is -19.3. The first-order valence-corrected chi connectivity index (χ1v) is 23.1. The number of azo groups is 3. The maximum Gasteiger partial charge on any atom is 0.356 e. The number of aromatic amines is 1. The second kappa shape index (κ2) is 17.4. The standard InChI is InChI=1S/C35H26N8O19S4/c1-15-11-25(26(62-2)14-24(15)38-36-22-9-7-18(64(53,54)55)12-21(22)34(46)47)39-40-28-27(65(56,57)58)13-20-19(31(28)44)8-10-23(32(20)66(59,60)61)37-41-29-30(35(48)49)42-43(33(29)45)16-3-5-17(6-4-16)63(50,51)52/h3-14,42,44H,1-2H3,(H,46,47)(H,48,49)(H,50,51,52)(H,53,54,55)(H,56,57,58)(H,59,60,61). The number of rotatable bonds is 14. The van der Waals surface area contributed by atoms with Crippen LogP contribution in [-0.2, 0) is 40.5 Å². The molecular formula is C35H26N8O19S4. The van der Waals surface area contributed by atoms with Crippen LogP contribution in [0.2, 0.25) is 0 Å². The van der Waals surface area contributed by atoms with Gasteiger partial charge in [0.1, 0.15) is 38.3 Å². The van der Waals surface area contributed by atoms with Gasteiger partial charge in [-0.15, -0.1) is 25.6 Å². The molecule has 0 aliphatic carbocycles. The van der Waals surface area contributed by atoms with Gasteiger partial charge in [-0.3, -0.25) is 28.1 Å². The van der Waals surface area contributed by atoms with Crippen molar-refractivity contribution in [3.05, 3.63) is 100.0 Å². The van der Waals surface area contributed by atoms with E-state index in [4.69, 9.17) is 4.74 Å². The summed E-state index contributed by atoms with van der Waals surface area (Å²) >= 11 is 0. The van der Waals surface area contributed by atoms with Gasteiger partial charge in [0.25, 0.3) is 46.0 Å². The van der Waals surface area contributed by atoms with Crippen LogP contribution < -0.4 is 10.3 Å². The average molecular weight is 991 g/mol. The lowest BCUT2D eigenvalue weighted by atomic mass is 10.1. The van der Waals surface area contributed by atoms with Gasteiger partial charge in [-0.1, -0.05) is 0 Å². The number of carboxylic acids is 2. The molecule has 1 heterocycles. The molecule has 0 spiro atoms. The summed E-state index contributed by atoms with van der Waals surface area (Å²) in [5.41, 5.74) is -6.04. The molecule has 0 saturated carbocycles. The van der Waals surface area contributed by atoms with Crippen LogP contribution in [0.4, 0.5) is 34.1 Å². The molecule has 6 aromatic rings. The fourth-order valence-electron chi connectivity index (χ4n) is 5.90. The number of hydrogen-bond acceptors (Lipinski definition) is 19. The monoisotopic (exact) mass is 990 g/mol. The molecule has 27 nitrogen and oxygen atoms in total. The highest BCUT2D eigenvalue weighted by Gasteiger charge is 2.29. The molecule has 0 saturated heterocycles. The summed E-state index contributed by atoms with van der Waals surface area (Å²) in [4.78, 5) is 33.3. The van der Waals surface area contributed by atoms with E-state index in [0.29, 0.717) is 16.8 Å². The Morgan fingerprint density at radius 2 is 1.17 bits per heavy atom. The van der Waals surface area contributed by atoms with Crippen molar-refractivity contribution in [2.24, 2.45) is 30.7 Å². The van der Waals surface area contributed by atoms with Crippen LogP contribution in [0.1, 0.15) is 26.4 Å². The molecule has 0 aliphatic rings. The molecule has 8 N–H and O–H groups in total. The van der Waals surface area contributed by atoms with Crippen molar-refractivity contribution in [1.82, 2.24) is 9.78 Å². The minimum Gasteiger partial charge on any atom is -0.505 e. The normalized spacial score (nSPS) is 12.8. The van der Waals surface area contributed by atoms with E-state index >= 15 is 0 Å². The van der Waals surface area contributed by atoms with Crippen molar-refractivity contribution in [3.63, 3.8) is 0 Å². The first-order chi connectivity index (χ1) is 30.6. The van der Waals surface area contributed by atoms with Crippen LogP contribution >= 0.6 is 0 Å². The number of fused-ring (bicyclic) bond motifs is 1. The minimum absolute atomic E-state index is 0.0216. The molecule has 6 rings (SSSR count). The van der Waals surface area contributed by atoms with Gasteiger partial charge >= 0.3 is 11.9 Å². The quantitative estimate of drug-likeness (QED) is 0.0460. The molecule has 0 bridgehead atoms. The van der Waals surface area contributed by atoms with Gasteiger partial charge < -0.3 is 20.1 Å². The van der Waals surface area contributed by atoms with Crippen LogP contribution in [0, 0.1) is 6.92 Å². The number of nitrogens with zero attached hydrogens (tertiary/aromatic N) is 7. The zero-order valence-corrected chi connectivity index (χ0v) is 36.0. The van der Waals surface area contributed by atoms with Crippen molar-refractivity contribution in [2.75, 3.05) is 7.11 Å². The number of aromatic hydroxyl groups is 1. The average Bonchev–Trinajstić information content (AvgIpc) is 3.56. The third kappa shape index (κ3) is 9.71. The Kier molecular flexibility index (Phi) is 12.6. The molecule has 66 heavy (non-hydrogen) atoms. The molecule has 5 aromatic carbocycles. The van der Waals surface area contributed by atoms with Crippen molar-refractivity contribution >= 4 is 97.3 Å². The Morgan fingerprint density at radius 1 is 0.606 bits per heavy atom. The number of ether oxygens (including phenoxy) is 1. The van der Waals surface area contributed by atoms with Gasteiger partial charge in [0.05, 0.1) is 33.8 Å². The van der Waals surface area contributed by atoms with Crippen molar-refractivity contribution in [2.45, 2.75) is 26.5 Å². The third-order valence-electron chi connectivity index (χ3n) is 8.95. The smallest absolute Gasteiger partial charge is 0.356 e. The van der Waals surface area contributed by atoms with Gasteiger partial charge in [-0.2, -0.15) is 38.8 Å². The summed E-state index contributed by atoms with van der Waals surface area (Å²) in [6.45, 7) is 1.46. The lowest BCUT2D eigenvalue weighted by molar-refractivity contribution is 0.0682. The molecule has 0 amide bonds. The number of carbonyl (C=O) groups is 2. The van der Waals surface area contributed by atoms with Gasteiger partial charge in [0, 0.05) is 16.8 Å². The number of aromatic carboxylic acids is 2. The number of hydrogen-bond donors (Lipinski definition) is 8. The number of benzene rings is 5. The van der Waals surface area contributed by atoms with E-state index in [9.17, 15) is 81.6 Å². The van der Waals surface area contributed by atoms with E-state index in [1.54, 1.807) is 0 Å². The highest BCUT2D eigenvalue weighted by atomic mass is 32.2. The fraction of sp³-hybridized carbons (Fsp3) is 0.0571. The minimum atomic E-state index is -5.53. The number of aromatic nitrogens is 2. The van der Waals surface area contributed by atoms with Crippen molar-refractivity contribution in [3.8, 4) is 17.2 Å². The molecular weight excluding hydrogens is 965 g/mol. The van der Waals surface area contributed by atoms with Crippen LogP contribution in [0.25, 0.3) is 16.5 Å². The number of methoxy groups -OCH3 is 1. The lowest BCUT2D eigenvalue weighted by Crippen LogP contribution is -2.14. The predicted octanol–water partition coefficient (Wildman–Crippen LogP) is 5.97. The number of phenolic OH excluding ortho intramolecular Hbond substituents is 1. The van der Waals surface area contributed by atoms with Gasteiger partial charge in [0.15, 0.2) is 17.1 Å². The van der Waals surface area contributed by atoms with Gasteiger partial charge in [0.2, 0.25) is 0 Å². The van der Waals surface area contributed by atoms with E-state index in [0.717, 1.165) is 55.6 Å². The molecule has 344 valence electrons. The van der Waals surface area contributed by atoms with Gasteiger partial charge in [-0.05, 0) is 79.2 Å². The maximum atomic E-state index is 13.3. The molecule has 0 unspecified atom stereocenters. The van der Waals surface area contributed by atoms with Crippen molar-refractivity contribution < 1.29 is 81.5 Å². The number of H-pyrrole nitrogens is 1. The largest absolute Gasteiger partial charge is 0.505 e. The first kappa shape index (κ1) is 47.8. The summed E-state index contributed by atoms with van der Waals surface area (Å²) < 4.78 is 142. The molecule has 0 aliphatic heterocycles. The Bertz CT molecular complexity index is 3680. The summed E-state index contributed by atoms with van der Waals surface area (Å²) in [5, 5.41) is 54.1. The number of carboxylic acid groups (broad SMARTS) is 2. The van der Waals surface area contributed by atoms with Crippen molar-refractivity contribution in [1.29, 1.82) is 0 Å². The Balaban J connectivity index is 1.43. The van der Waals surface area contributed by atoms with E-state index in [1.165, 1.54) is 19.1 Å². The highest BCUT2D eigenvalue weighted by molar-refractivity contribution is 7.86. The Labute approximate surface area is 368 Å². The Morgan fingerprint density at radius 3 is 1.73 bits per heavy atom. The Hall–Kier alpha value is -7.65. The highest BCUT2D eigenvalue weighted by Crippen LogP contribution is 2.46. The second-order valence-electron chi connectivity index (χ2n) is 13.2. The predicted molar refractivity (Wildman–Crippen MR) is 222 cm³/mol. The number of aryl methyl sites for hydroxylation is 1. The molecule has 31 heteroatoms. The van der Waals surface area contributed by atoms with Crippen LogP contribution in [-0.4, -0.2) is 96.0 Å². The van der Waals surface area contributed by atoms with Gasteiger partial charge in [-0.25, -0.2) is 14.3 Å². The maximum absolute atomic E-state index is 13.3. The van der Waals surface area contributed by atoms with E-state index in [1.807, 2.05) is 0 Å². The molecule has 0 atom stereocenters. The van der Waals surface area contributed by atoms with Crippen LogP contribution in [0.3, 0.4) is 0 Å². The fourth-order valence-corrected chi connectivity index (χ4v) is 8.36. The third-order valence-corrected chi connectivity index (χ3v) is 12.5. The topological polar surface area (TPSA) is 433 Å². The van der Waals surface area contributed by atoms with Crippen LogP contribution in [0.5, 0.6) is 11.5 Å². The van der Waals surface area contributed by atoms with E-state index in [-0.39, 0.29) is 34.1 Å². The zero-order valence-electron chi connectivity index (χ0n) is 32.7. The first-order valence-electron chi connectivity index (χ1n) is 17.3. The summed E-state index contributed by atoms with van der Waals surface area (Å²) in [5.74, 6) is -4.69. The van der Waals surface area contributed by atoms with Crippen LogP contribution in [0.15, 0.2) is 128 Å². The van der Waals surface area contributed by atoms with E-state index < -0.39 is 122 Å². The summed E-state index contributed by atoms with van der Waals surface area (Å²) in [6.07, 6.45) is 0. The van der Waals surface area contributed by atoms with E-state index in [2.05, 4.69) is 35.8 Å². The number of nitrogens with one attached hydrogen (secondary N) is 1. The molecule has 0 radical (unpaired) electrons. The SMILES string of the molecule is COc1cc(N=Nc2ccc(S(=O)(=O)O)cc2C(=O)O)c(C)cc1N=Nc1c(S(=O)(=O)O)cc2c(S(=O)(=O)O)c(N=Nc3c(C(=O)O)[nH]n(-c4ccc(S(=O)(=O)O)cc4)c3=O)ccc2c1O. The molecule has 0 fully saturated rings. The summed E-state index contributed by atoms with van der Waals surface area (Å²) in [6, 6.07) is 10.9. The number of phenols is 1. The lowest BCUT2D eigenvalue weighted by Gasteiger charge is -2.12. The molecule has 1 aromatic heterocycles.